The van der Waals surface area contributed by atoms with Gasteiger partial charge in [-0.2, -0.15) is 5.10 Å². The molecule has 4 heterocycles. The lowest BCUT2D eigenvalue weighted by Crippen LogP contribution is -2.23. The number of hydrogen-bond donors (Lipinski definition) is 1. The zero-order chi connectivity index (χ0) is 21.4. The molecule has 1 aliphatic rings. The summed E-state index contributed by atoms with van der Waals surface area (Å²) in [6.07, 6.45) is 8.06. The Hall–Kier alpha value is -3.81. The largest absolute Gasteiger partial charge is 0.364 e. The van der Waals surface area contributed by atoms with E-state index in [0.717, 1.165) is 24.6 Å². The molecule has 8 heteroatoms. The standard InChI is InChI=1S/C23H19F2N5O/c24-15-5-6-20(25)18(11-15)21-4-2-9-29(21)17-7-10-30-22(12-17)19(14-27-30)23(31)28-16-3-1-8-26-13-16/h1,3,5-8,10-14,21H,2,4,9H2,(H,28,31). The Bertz CT molecular complexity index is 1260. The molecule has 1 amide bonds. The predicted octanol–water partition coefficient (Wildman–Crippen LogP) is 4.60. The highest BCUT2D eigenvalue weighted by Crippen LogP contribution is 2.38. The van der Waals surface area contributed by atoms with Crippen molar-refractivity contribution >= 4 is 22.8 Å². The number of rotatable bonds is 4. The second-order valence-corrected chi connectivity index (χ2v) is 7.49. The zero-order valence-corrected chi connectivity index (χ0v) is 16.5. The molecule has 1 unspecified atom stereocenters. The Morgan fingerprint density at radius 3 is 2.87 bits per heavy atom. The van der Waals surface area contributed by atoms with Crippen molar-refractivity contribution in [3.8, 4) is 0 Å². The molecule has 1 atom stereocenters. The van der Waals surface area contributed by atoms with Gasteiger partial charge >= 0.3 is 0 Å². The van der Waals surface area contributed by atoms with Crippen molar-refractivity contribution in [2.75, 3.05) is 16.8 Å². The van der Waals surface area contributed by atoms with Crippen molar-refractivity contribution in [2.24, 2.45) is 0 Å². The molecule has 0 saturated carbocycles. The minimum absolute atomic E-state index is 0.270. The van der Waals surface area contributed by atoms with Crippen molar-refractivity contribution in [1.29, 1.82) is 0 Å². The van der Waals surface area contributed by atoms with Crippen molar-refractivity contribution < 1.29 is 13.6 Å². The number of carbonyl (C=O) groups is 1. The minimum Gasteiger partial charge on any atom is -0.364 e. The molecule has 3 aromatic heterocycles. The monoisotopic (exact) mass is 419 g/mol. The van der Waals surface area contributed by atoms with E-state index in [1.165, 1.54) is 18.3 Å². The molecule has 0 radical (unpaired) electrons. The number of hydrogen-bond acceptors (Lipinski definition) is 4. The van der Waals surface area contributed by atoms with Gasteiger partial charge < -0.3 is 10.2 Å². The molecule has 156 valence electrons. The first-order chi connectivity index (χ1) is 15.1. The maximum Gasteiger partial charge on any atom is 0.259 e. The summed E-state index contributed by atoms with van der Waals surface area (Å²) in [5.41, 5.74) is 2.81. The molecule has 1 aliphatic heterocycles. The lowest BCUT2D eigenvalue weighted by molar-refractivity contribution is 0.102. The number of carbonyl (C=O) groups excluding carboxylic acids is 1. The van der Waals surface area contributed by atoms with Crippen molar-refractivity contribution in [3.05, 3.63) is 90.0 Å². The van der Waals surface area contributed by atoms with E-state index in [1.807, 2.05) is 17.0 Å². The van der Waals surface area contributed by atoms with Crippen LogP contribution in [0.4, 0.5) is 20.2 Å². The topological polar surface area (TPSA) is 62.5 Å². The van der Waals surface area contributed by atoms with Gasteiger partial charge in [0.1, 0.15) is 11.6 Å². The molecule has 1 fully saturated rings. The Morgan fingerprint density at radius 2 is 2.03 bits per heavy atom. The molecule has 5 rings (SSSR count). The smallest absolute Gasteiger partial charge is 0.259 e. The number of halogens is 2. The number of benzene rings is 1. The molecule has 0 spiro atoms. The number of amides is 1. The molecule has 1 saturated heterocycles. The number of pyridine rings is 2. The molecule has 31 heavy (non-hydrogen) atoms. The van der Waals surface area contributed by atoms with Crippen LogP contribution in [0.1, 0.15) is 34.8 Å². The van der Waals surface area contributed by atoms with Crippen molar-refractivity contribution in [2.45, 2.75) is 18.9 Å². The fourth-order valence-corrected chi connectivity index (χ4v) is 4.13. The summed E-state index contributed by atoms with van der Waals surface area (Å²) in [5, 5.41) is 7.08. The van der Waals surface area contributed by atoms with Gasteiger partial charge in [0.15, 0.2) is 0 Å². The lowest BCUT2D eigenvalue weighted by atomic mass is 10.0. The zero-order valence-electron chi connectivity index (χ0n) is 16.5. The fourth-order valence-electron chi connectivity index (χ4n) is 4.13. The summed E-state index contributed by atoms with van der Waals surface area (Å²) in [7, 11) is 0. The first kappa shape index (κ1) is 19.2. The number of anilines is 2. The maximum atomic E-state index is 14.4. The van der Waals surface area contributed by atoms with Gasteiger partial charge in [0.05, 0.1) is 35.2 Å². The van der Waals surface area contributed by atoms with E-state index >= 15 is 0 Å². The van der Waals surface area contributed by atoms with Gasteiger partial charge in [-0.05, 0) is 55.3 Å². The molecule has 0 bridgehead atoms. The Morgan fingerprint density at radius 1 is 1.13 bits per heavy atom. The van der Waals surface area contributed by atoms with Crippen LogP contribution in [0.2, 0.25) is 0 Å². The summed E-state index contributed by atoms with van der Waals surface area (Å²) in [5.74, 6) is -1.17. The van der Waals surface area contributed by atoms with Crippen LogP contribution in [0.3, 0.4) is 0 Å². The number of nitrogens with one attached hydrogen (secondary N) is 1. The van der Waals surface area contributed by atoms with Gasteiger partial charge in [0.25, 0.3) is 5.91 Å². The van der Waals surface area contributed by atoms with Crippen LogP contribution in [-0.4, -0.2) is 27.0 Å². The number of nitrogens with zero attached hydrogens (tertiary/aromatic N) is 4. The Labute approximate surface area is 177 Å². The fraction of sp³-hybridized carbons (Fsp3) is 0.174. The van der Waals surface area contributed by atoms with Gasteiger partial charge in [-0.1, -0.05) is 0 Å². The molecule has 0 aliphatic carbocycles. The maximum absolute atomic E-state index is 14.4. The average Bonchev–Trinajstić information content (AvgIpc) is 3.43. The van der Waals surface area contributed by atoms with Crippen LogP contribution in [0.15, 0.2) is 67.3 Å². The van der Waals surface area contributed by atoms with E-state index in [4.69, 9.17) is 0 Å². The normalized spacial score (nSPS) is 16.1. The van der Waals surface area contributed by atoms with Crippen LogP contribution >= 0.6 is 0 Å². The van der Waals surface area contributed by atoms with E-state index in [0.29, 0.717) is 28.9 Å². The molecule has 6 nitrogen and oxygen atoms in total. The van der Waals surface area contributed by atoms with E-state index in [9.17, 15) is 13.6 Å². The Kier molecular flexibility index (Phi) is 4.82. The van der Waals surface area contributed by atoms with E-state index < -0.39 is 11.6 Å². The number of aromatic nitrogens is 3. The van der Waals surface area contributed by atoms with Crippen LogP contribution < -0.4 is 10.2 Å². The predicted molar refractivity (Wildman–Crippen MR) is 113 cm³/mol. The minimum atomic E-state index is -0.455. The first-order valence-electron chi connectivity index (χ1n) is 10.0. The third-order valence-electron chi connectivity index (χ3n) is 5.57. The summed E-state index contributed by atoms with van der Waals surface area (Å²) in [4.78, 5) is 18.8. The quantitative estimate of drug-likeness (QED) is 0.525. The van der Waals surface area contributed by atoms with Crippen LogP contribution in [0, 0.1) is 11.6 Å². The Balaban J connectivity index is 1.49. The highest BCUT2D eigenvalue weighted by Gasteiger charge is 2.29. The molecule has 1 aromatic carbocycles. The van der Waals surface area contributed by atoms with Crippen molar-refractivity contribution in [1.82, 2.24) is 14.6 Å². The SMILES string of the molecule is O=C(Nc1cccnc1)c1cnn2ccc(N3CCCC3c3cc(F)ccc3F)cc12. The average molecular weight is 419 g/mol. The van der Waals surface area contributed by atoms with Gasteiger partial charge in [-0.25, -0.2) is 13.3 Å². The van der Waals surface area contributed by atoms with Gasteiger partial charge in [-0.15, -0.1) is 0 Å². The van der Waals surface area contributed by atoms with E-state index in [-0.39, 0.29) is 11.9 Å². The van der Waals surface area contributed by atoms with E-state index in [2.05, 4.69) is 15.4 Å². The molecule has 1 N–H and O–H groups in total. The van der Waals surface area contributed by atoms with Gasteiger partial charge in [0.2, 0.25) is 0 Å². The van der Waals surface area contributed by atoms with Gasteiger partial charge in [-0.3, -0.25) is 9.78 Å². The highest BCUT2D eigenvalue weighted by atomic mass is 19.1. The highest BCUT2D eigenvalue weighted by molar-refractivity contribution is 6.08. The molecular weight excluding hydrogens is 400 g/mol. The van der Waals surface area contributed by atoms with Gasteiger partial charge in [0, 0.05) is 30.2 Å². The number of fused-ring (bicyclic) bond motifs is 1. The summed E-state index contributed by atoms with van der Waals surface area (Å²) in [6, 6.07) is 10.5. The van der Waals surface area contributed by atoms with Crippen molar-refractivity contribution in [3.63, 3.8) is 0 Å². The lowest BCUT2D eigenvalue weighted by Gasteiger charge is -2.27. The third-order valence-corrected chi connectivity index (χ3v) is 5.57. The third kappa shape index (κ3) is 3.61. The molecule has 4 aromatic rings. The first-order valence-corrected chi connectivity index (χ1v) is 10.0. The summed E-state index contributed by atoms with van der Waals surface area (Å²) in [6.45, 7) is 0.710. The summed E-state index contributed by atoms with van der Waals surface area (Å²) >= 11 is 0. The summed E-state index contributed by atoms with van der Waals surface area (Å²) < 4.78 is 29.8. The van der Waals surface area contributed by atoms with E-state index in [1.54, 1.807) is 35.2 Å². The second-order valence-electron chi connectivity index (χ2n) is 7.49. The van der Waals surface area contributed by atoms with Crippen LogP contribution in [0.5, 0.6) is 0 Å². The second kappa shape index (κ2) is 7.79. The molecular formula is C23H19F2N5O. The van der Waals surface area contributed by atoms with Crippen LogP contribution in [-0.2, 0) is 0 Å². The van der Waals surface area contributed by atoms with Crippen LogP contribution in [0.25, 0.3) is 5.52 Å².